The molecule has 0 saturated carbocycles. The Morgan fingerprint density at radius 1 is 0.183 bits per heavy atom. The Morgan fingerprint density at radius 2 is 0.339 bits per heavy atom. The van der Waals surface area contributed by atoms with Crippen molar-refractivity contribution in [2.75, 3.05) is 119 Å². The molecule has 13 nitrogen and oxygen atoms in total. The number of hydrogen-bond donors (Lipinski definition) is 0. The van der Waals surface area contributed by atoms with E-state index in [1.807, 2.05) is 176 Å². The first-order valence-corrected chi connectivity index (χ1v) is 35.9. The molecule has 3 aromatic heterocycles. The highest BCUT2D eigenvalue weighted by atomic mass is 15.1. The maximum Gasteiger partial charge on any atom is 0.206 e. The van der Waals surface area contributed by atoms with Crippen molar-refractivity contribution >= 4 is 124 Å². The van der Waals surface area contributed by atoms with Crippen LogP contribution >= 0.6 is 0 Å². The predicted molar refractivity (Wildman–Crippen MR) is 463 cm³/mol. The Morgan fingerprint density at radius 3 is 0.495 bits per heavy atom. The van der Waals surface area contributed by atoms with E-state index in [1.54, 1.807) is 0 Å². The van der Waals surface area contributed by atoms with Crippen LogP contribution < -0.4 is 34.3 Å². The molecular formula is C96H87N13. The Hall–Kier alpha value is -14.1. The zero-order chi connectivity index (χ0) is 76.2. The Kier molecular flexibility index (Phi) is 24.4. The van der Waals surface area contributed by atoms with E-state index in [9.17, 15) is 0 Å². The standard InChI is InChI=1S/C96H87N13/c1-103(2)85-46-19-70(20-47-85)13-40-79-67-80(41-14-71-21-48-86(49-22-71)104(3)4)98-94(97-79)64-37-76-31-58-91(59-32-76)109(92-60-33-77(34-61-92)38-65-95-99-81(42-15-72-23-50-87(51-24-72)105(5)6)68-82(100-95)43-16-73-25-52-88(53-26-73)106(7)8)93-62-35-78(36-63-93)39-66-96-101-83(44-17-74-27-54-89(55-28-74)107(9)10)69-84(102-96)45-18-75-29-56-90(57-30-75)108(11)12/h13-36,40-63,67-69H,1-12H3/b40-13+,41-14+,42-15+,43-16+,44-17+,45-18+. The van der Waals surface area contributed by atoms with Crippen molar-refractivity contribution in [2.24, 2.45) is 0 Å². The molecule has 12 aromatic rings. The number of rotatable bonds is 21. The number of aromatic nitrogens is 6. The zero-order valence-corrected chi connectivity index (χ0v) is 63.8. The van der Waals surface area contributed by atoms with Crippen molar-refractivity contribution in [3.8, 4) is 35.5 Å². The second-order valence-electron chi connectivity index (χ2n) is 27.3. The maximum atomic E-state index is 4.93. The number of benzene rings is 9. The molecule has 0 bridgehead atoms. The van der Waals surface area contributed by atoms with Crippen LogP contribution in [0.4, 0.5) is 51.2 Å². The van der Waals surface area contributed by atoms with Gasteiger partial charge >= 0.3 is 0 Å². The summed E-state index contributed by atoms with van der Waals surface area (Å²) in [6.45, 7) is 0. The molecule has 0 spiro atoms. The normalized spacial score (nSPS) is 11.2. The lowest BCUT2D eigenvalue weighted by molar-refractivity contribution is 1.10. The first-order chi connectivity index (χ1) is 52.8. The van der Waals surface area contributed by atoms with Crippen molar-refractivity contribution in [2.45, 2.75) is 0 Å². The summed E-state index contributed by atoms with van der Waals surface area (Å²) in [5.74, 6) is 21.3. The average Bonchev–Trinajstić information content (AvgIpc) is 0.792. The van der Waals surface area contributed by atoms with Crippen molar-refractivity contribution in [1.29, 1.82) is 0 Å². The molecule has 0 radical (unpaired) electrons. The summed E-state index contributed by atoms with van der Waals surface area (Å²) in [6.07, 6.45) is 24.4. The molecule has 0 aliphatic heterocycles. The number of anilines is 9. The van der Waals surface area contributed by atoms with Gasteiger partial charge in [0.05, 0.1) is 34.2 Å². The van der Waals surface area contributed by atoms with Crippen molar-refractivity contribution in [1.82, 2.24) is 29.9 Å². The Balaban J connectivity index is 0.868. The third-order valence-corrected chi connectivity index (χ3v) is 17.8. The van der Waals surface area contributed by atoms with Crippen molar-refractivity contribution < 1.29 is 0 Å². The van der Waals surface area contributed by atoms with E-state index in [-0.39, 0.29) is 0 Å². The highest BCUT2D eigenvalue weighted by Gasteiger charge is 2.14. The molecule has 0 atom stereocenters. The molecule has 9 aromatic carbocycles. The monoisotopic (exact) mass is 1420 g/mol. The van der Waals surface area contributed by atoms with Crippen molar-refractivity contribution in [3.63, 3.8) is 0 Å². The van der Waals surface area contributed by atoms with E-state index in [4.69, 9.17) is 29.9 Å². The van der Waals surface area contributed by atoms with Gasteiger partial charge in [-0.05, 0) is 251 Å². The third-order valence-electron chi connectivity index (χ3n) is 17.8. The first-order valence-electron chi connectivity index (χ1n) is 35.9. The lowest BCUT2D eigenvalue weighted by atomic mass is 10.1. The molecule has 0 saturated heterocycles. The summed E-state index contributed by atoms with van der Waals surface area (Å²) in [5.41, 5.74) is 22.6. The number of nitrogens with zero attached hydrogens (tertiary/aromatic N) is 13. The van der Waals surface area contributed by atoms with Gasteiger partial charge in [-0.1, -0.05) is 127 Å². The van der Waals surface area contributed by atoms with Crippen LogP contribution in [0.5, 0.6) is 0 Å². The largest absolute Gasteiger partial charge is 0.378 e. The molecular weight excluding hydrogens is 1340 g/mol. The van der Waals surface area contributed by atoms with Crippen molar-refractivity contribution in [3.05, 3.63) is 338 Å². The van der Waals surface area contributed by atoms with E-state index >= 15 is 0 Å². The van der Waals surface area contributed by atoms with Gasteiger partial charge in [0, 0.05) is 152 Å². The molecule has 0 fully saturated rings. The van der Waals surface area contributed by atoms with Crippen LogP contribution in [0.25, 0.3) is 72.9 Å². The van der Waals surface area contributed by atoms with Gasteiger partial charge in [0.25, 0.3) is 0 Å². The molecule has 0 N–H and O–H groups in total. The van der Waals surface area contributed by atoms with Gasteiger partial charge < -0.3 is 34.3 Å². The van der Waals surface area contributed by atoms with Gasteiger partial charge in [-0.15, -0.1) is 0 Å². The van der Waals surface area contributed by atoms with Crippen LogP contribution in [0.1, 0.15) is 102 Å². The van der Waals surface area contributed by atoms with Crippen LogP contribution in [0, 0.1) is 35.5 Å². The highest BCUT2D eigenvalue weighted by Crippen LogP contribution is 2.35. The quantitative estimate of drug-likeness (QED) is 0.0639. The van der Waals surface area contributed by atoms with Gasteiger partial charge in [0.2, 0.25) is 17.5 Å². The third kappa shape index (κ3) is 21.3. The summed E-state index contributed by atoms with van der Waals surface area (Å²) in [6, 6.07) is 81.0. The second-order valence-corrected chi connectivity index (χ2v) is 27.3. The molecule has 0 aliphatic carbocycles. The molecule has 0 unspecified atom stereocenters. The lowest BCUT2D eigenvalue weighted by Gasteiger charge is -2.25. The minimum absolute atomic E-state index is 0.402. The summed E-state index contributed by atoms with van der Waals surface area (Å²) in [7, 11) is 24.5. The van der Waals surface area contributed by atoms with Crippen LogP contribution in [-0.2, 0) is 0 Å². The predicted octanol–water partition coefficient (Wildman–Crippen LogP) is 19.1. The van der Waals surface area contributed by atoms with Gasteiger partial charge in [-0.2, -0.15) is 0 Å². The molecule has 0 amide bonds. The lowest BCUT2D eigenvalue weighted by Crippen LogP contribution is -2.10. The van der Waals surface area contributed by atoms with Crippen LogP contribution in [0.2, 0.25) is 0 Å². The van der Waals surface area contributed by atoms with Crippen LogP contribution in [-0.4, -0.2) is 114 Å². The van der Waals surface area contributed by atoms with E-state index in [0.29, 0.717) is 17.5 Å². The van der Waals surface area contributed by atoms with Crippen LogP contribution in [0.3, 0.4) is 0 Å². The fourth-order valence-electron chi connectivity index (χ4n) is 11.4. The topological polar surface area (TPSA) is 100 Å². The Bertz CT molecular complexity index is 4710. The highest BCUT2D eigenvalue weighted by molar-refractivity contribution is 5.80. The minimum Gasteiger partial charge on any atom is -0.378 e. The number of hydrogen-bond acceptors (Lipinski definition) is 13. The molecule has 12 rings (SSSR count). The fraction of sp³-hybridized carbons (Fsp3) is 0.125. The van der Waals surface area contributed by atoms with Gasteiger partial charge in [0.15, 0.2) is 0 Å². The van der Waals surface area contributed by atoms with Gasteiger partial charge in [-0.25, -0.2) is 29.9 Å². The molecule has 13 heteroatoms. The fourth-order valence-corrected chi connectivity index (χ4v) is 11.4. The molecule has 109 heavy (non-hydrogen) atoms. The molecule has 536 valence electrons. The minimum atomic E-state index is 0.402. The maximum absolute atomic E-state index is 4.93. The SMILES string of the molecule is CN(C)c1ccc(/C=C/c2cc(/C=C/c3ccc(N(C)C)cc3)nc(C#Cc3ccc(N(c4ccc(C#Cc5nc(/C=C/c6ccc(N(C)C)cc6)cc(/C=C/c6ccc(N(C)C)cc6)n5)cc4)c4ccc(C#Cc5nc(/C=C/c6ccc(N(C)C)cc6)cc(/C=C/c6ccc(N(C)C)cc6)n5)cc4)cc3)n2)cc1. The van der Waals surface area contributed by atoms with Gasteiger partial charge in [-0.3, -0.25) is 0 Å². The average molecular weight is 1420 g/mol. The second kappa shape index (κ2) is 35.6. The van der Waals surface area contributed by atoms with E-state index in [2.05, 4.69) is 288 Å². The molecule has 0 aliphatic rings. The van der Waals surface area contributed by atoms with Crippen LogP contribution in [0.15, 0.2) is 237 Å². The first kappa shape index (κ1) is 74.7. The van der Waals surface area contributed by atoms with Gasteiger partial charge in [0.1, 0.15) is 0 Å². The Labute approximate surface area is 643 Å². The summed E-state index contributed by atoms with van der Waals surface area (Å²) in [4.78, 5) is 44.3. The van der Waals surface area contributed by atoms with E-state index in [0.717, 1.165) is 135 Å². The smallest absolute Gasteiger partial charge is 0.206 e. The van der Waals surface area contributed by atoms with E-state index < -0.39 is 0 Å². The summed E-state index contributed by atoms with van der Waals surface area (Å²) < 4.78 is 0. The summed E-state index contributed by atoms with van der Waals surface area (Å²) in [5, 5.41) is 0. The molecule has 3 heterocycles. The zero-order valence-electron chi connectivity index (χ0n) is 63.8. The van der Waals surface area contributed by atoms with E-state index in [1.165, 1.54) is 0 Å². The summed E-state index contributed by atoms with van der Waals surface area (Å²) >= 11 is 0.